The molecule has 0 spiro atoms. The standard InChI is InChI=1S/C15H20N2O3S/c1-11-9-13-10-12(15(18)16-7-3-4-8-16)5-6-14(13)17(11)21(2,19)20/h5-6,10-11H,3-4,7-9H2,1-2H3. The molecule has 1 aromatic rings. The van der Waals surface area contributed by atoms with E-state index in [-0.39, 0.29) is 11.9 Å². The molecule has 2 aliphatic heterocycles. The van der Waals surface area contributed by atoms with Gasteiger partial charge in [-0.1, -0.05) is 0 Å². The number of sulfonamides is 1. The lowest BCUT2D eigenvalue weighted by Gasteiger charge is -2.22. The van der Waals surface area contributed by atoms with Crippen molar-refractivity contribution in [1.29, 1.82) is 0 Å². The average Bonchev–Trinajstić information content (AvgIpc) is 3.01. The van der Waals surface area contributed by atoms with Gasteiger partial charge in [0.25, 0.3) is 5.91 Å². The summed E-state index contributed by atoms with van der Waals surface area (Å²) in [5, 5.41) is 0. The SMILES string of the molecule is CC1Cc2cc(C(=O)N3CCCC3)ccc2N1S(C)(=O)=O. The van der Waals surface area contributed by atoms with Crippen LogP contribution >= 0.6 is 0 Å². The van der Waals surface area contributed by atoms with Crippen LogP contribution in [0.1, 0.15) is 35.7 Å². The highest BCUT2D eigenvalue weighted by atomic mass is 32.2. The van der Waals surface area contributed by atoms with Crippen LogP contribution in [0, 0.1) is 0 Å². The number of hydrogen-bond acceptors (Lipinski definition) is 3. The molecule has 21 heavy (non-hydrogen) atoms. The Hall–Kier alpha value is -1.56. The minimum atomic E-state index is -3.28. The molecule has 1 saturated heterocycles. The predicted octanol–water partition coefficient (Wildman–Crippen LogP) is 1.63. The molecule has 2 heterocycles. The van der Waals surface area contributed by atoms with Crippen molar-refractivity contribution in [3.05, 3.63) is 29.3 Å². The molecule has 1 aromatic carbocycles. The van der Waals surface area contributed by atoms with Gasteiger partial charge in [0.05, 0.1) is 11.9 Å². The van der Waals surface area contributed by atoms with Crippen LogP contribution < -0.4 is 4.31 Å². The highest BCUT2D eigenvalue weighted by Crippen LogP contribution is 2.35. The summed E-state index contributed by atoms with van der Waals surface area (Å²) in [6.45, 7) is 3.53. The molecule has 114 valence electrons. The zero-order valence-electron chi connectivity index (χ0n) is 12.4. The maximum Gasteiger partial charge on any atom is 0.253 e. The predicted molar refractivity (Wildman–Crippen MR) is 82.1 cm³/mol. The fourth-order valence-corrected chi connectivity index (χ4v) is 4.61. The third-order valence-corrected chi connectivity index (χ3v) is 5.50. The second-order valence-corrected chi connectivity index (χ2v) is 7.81. The summed E-state index contributed by atoms with van der Waals surface area (Å²) in [6, 6.07) is 5.28. The van der Waals surface area contributed by atoms with Crippen molar-refractivity contribution < 1.29 is 13.2 Å². The minimum Gasteiger partial charge on any atom is -0.339 e. The zero-order chi connectivity index (χ0) is 15.2. The summed E-state index contributed by atoms with van der Waals surface area (Å²) in [5.74, 6) is 0.0563. The third-order valence-electron chi connectivity index (χ3n) is 4.23. The molecule has 6 heteroatoms. The van der Waals surface area contributed by atoms with Crippen molar-refractivity contribution in [2.75, 3.05) is 23.7 Å². The number of rotatable bonds is 2. The van der Waals surface area contributed by atoms with E-state index in [9.17, 15) is 13.2 Å². The van der Waals surface area contributed by atoms with Crippen LogP contribution in [0.25, 0.3) is 0 Å². The molecule has 3 rings (SSSR count). The molecule has 0 bridgehead atoms. The van der Waals surface area contributed by atoms with Gasteiger partial charge in [-0.2, -0.15) is 0 Å². The number of amides is 1. The molecule has 1 unspecified atom stereocenters. The van der Waals surface area contributed by atoms with Gasteiger partial charge in [-0.25, -0.2) is 8.42 Å². The Labute approximate surface area is 125 Å². The summed E-state index contributed by atoms with van der Waals surface area (Å²) in [5.41, 5.74) is 2.32. The normalized spacial score (nSPS) is 21.7. The minimum absolute atomic E-state index is 0.0563. The van der Waals surface area contributed by atoms with Crippen LogP contribution in [-0.2, 0) is 16.4 Å². The van der Waals surface area contributed by atoms with Gasteiger partial charge in [0.1, 0.15) is 0 Å². The van der Waals surface area contributed by atoms with Gasteiger partial charge < -0.3 is 4.90 Å². The molecule has 1 fully saturated rings. The Balaban J connectivity index is 1.93. The lowest BCUT2D eigenvalue weighted by Crippen LogP contribution is -2.34. The van der Waals surface area contributed by atoms with E-state index in [4.69, 9.17) is 0 Å². The molecule has 0 aliphatic carbocycles. The first kappa shape index (κ1) is 14.4. The monoisotopic (exact) mass is 308 g/mol. The fourth-order valence-electron chi connectivity index (χ4n) is 3.34. The second kappa shape index (κ2) is 5.02. The van der Waals surface area contributed by atoms with E-state index in [1.165, 1.54) is 10.6 Å². The molecule has 0 radical (unpaired) electrons. The van der Waals surface area contributed by atoms with Crippen molar-refractivity contribution in [3.8, 4) is 0 Å². The van der Waals surface area contributed by atoms with Gasteiger partial charge in [-0.05, 0) is 49.9 Å². The van der Waals surface area contributed by atoms with Gasteiger partial charge >= 0.3 is 0 Å². The molecular formula is C15H20N2O3S. The van der Waals surface area contributed by atoms with E-state index in [1.54, 1.807) is 12.1 Å². The third kappa shape index (κ3) is 2.52. The van der Waals surface area contributed by atoms with Crippen LogP contribution in [0.5, 0.6) is 0 Å². The van der Waals surface area contributed by atoms with E-state index >= 15 is 0 Å². The van der Waals surface area contributed by atoms with Crippen molar-refractivity contribution in [2.24, 2.45) is 0 Å². The molecular weight excluding hydrogens is 288 g/mol. The van der Waals surface area contributed by atoms with Gasteiger partial charge in [-0.3, -0.25) is 9.10 Å². The van der Waals surface area contributed by atoms with Gasteiger partial charge in [-0.15, -0.1) is 0 Å². The molecule has 5 nitrogen and oxygen atoms in total. The van der Waals surface area contributed by atoms with E-state index in [0.29, 0.717) is 17.7 Å². The van der Waals surface area contributed by atoms with E-state index in [0.717, 1.165) is 31.5 Å². The smallest absolute Gasteiger partial charge is 0.253 e. The van der Waals surface area contributed by atoms with Crippen LogP contribution in [-0.4, -0.2) is 44.6 Å². The van der Waals surface area contributed by atoms with Crippen molar-refractivity contribution in [3.63, 3.8) is 0 Å². The first-order chi connectivity index (χ1) is 9.88. The summed E-state index contributed by atoms with van der Waals surface area (Å²) < 4.78 is 25.2. The molecule has 0 saturated carbocycles. The lowest BCUT2D eigenvalue weighted by atomic mass is 10.1. The summed E-state index contributed by atoms with van der Waals surface area (Å²) >= 11 is 0. The van der Waals surface area contributed by atoms with E-state index in [1.807, 2.05) is 17.9 Å². The topological polar surface area (TPSA) is 57.7 Å². The number of carbonyl (C=O) groups excluding carboxylic acids is 1. The summed E-state index contributed by atoms with van der Waals surface area (Å²) in [6.07, 6.45) is 4.01. The largest absolute Gasteiger partial charge is 0.339 e. The molecule has 1 atom stereocenters. The van der Waals surface area contributed by atoms with Crippen LogP contribution in [0.3, 0.4) is 0 Å². The first-order valence-corrected chi connectivity index (χ1v) is 9.14. The Kier molecular flexibility index (Phi) is 3.43. The Morgan fingerprint density at radius 1 is 1.24 bits per heavy atom. The maximum atomic E-state index is 12.4. The van der Waals surface area contributed by atoms with Gasteiger partial charge in [0.15, 0.2) is 0 Å². The molecule has 1 amide bonds. The van der Waals surface area contributed by atoms with Crippen LogP contribution in [0.2, 0.25) is 0 Å². The summed E-state index contributed by atoms with van der Waals surface area (Å²) in [7, 11) is -3.28. The Morgan fingerprint density at radius 3 is 2.52 bits per heavy atom. The van der Waals surface area contributed by atoms with Crippen molar-refractivity contribution in [2.45, 2.75) is 32.2 Å². The maximum absolute atomic E-state index is 12.4. The number of likely N-dealkylation sites (tertiary alicyclic amines) is 1. The van der Waals surface area contributed by atoms with Crippen molar-refractivity contribution in [1.82, 2.24) is 4.90 Å². The highest BCUT2D eigenvalue weighted by Gasteiger charge is 2.33. The number of anilines is 1. The number of fused-ring (bicyclic) bond motifs is 1. The first-order valence-electron chi connectivity index (χ1n) is 7.29. The zero-order valence-corrected chi connectivity index (χ0v) is 13.2. The molecule has 2 aliphatic rings. The Bertz CT molecular complexity index is 678. The fraction of sp³-hybridized carbons (Fsp3) is 0.533. The number of benzene rings is 1. The van der Waals surface area contributed by atoms with Crippen LogP contribution in [0.15, 0.2) is 18.2 Å². The van der Waals surface area contributed by atoms with E-state index < -0.39 is 10.0 Å². The number of nitrogens with zero attached hydrogens (tertiary/aromatic N) is 2. The molecule has 0 N–H and O–H groups in total. The average molecular weight is 308 g/mol. The van der Waals surface area contributed by atoms with Gasteiger partial charge in [0, 0.05) is 24.7 Å². The van der Waals surface area contributed by atoms with Crippen LogP contribution in [0.4, 0.5) is 5.69 Å². The quantitative estimate of drug-likeness (QED) is 0.834. The lowest BCUT2D eigenvalue weighted by molar-refractivity contribution is 0.0792. The van der Waals surface area contributed by atoms with E-state index in [2.05, 4.69) is 0 Å². The van der Waals surface area contributed by atoms with Gasteiger partial charge in [0.2, 0.25) is 10.0 Å². The highest BCUT2D eigenvalue weighted by molar-refractivity contribution is 7.92. The van der Waals surface area contributed by atoms with Crippen molar-refractivity contribution >= 4 is 21.6 Å². The number of carbonyl (C=O) groups is 1. The summed E-state index contributed by atoms with van der Waals surface area (Å²) in [4.78, 5) is 14.3. The molecule has 0 aromatic heterocycles. The number of hydrogen-bond donors (Lipinski definition) is 0. The Morgan fingerprint density at radius 2 is 1.90 bits per heavy atom. The second-order valence-electron chi connectivity index (χ2n) is 5.95.